The molecule has 1 aliphatic heterocycles. The minimum atomic E-state index is -0.433. The van der Waals surface area contributed by atoms with Crippen molar-refractivity contribution in [2.75, 3.05) is 13.1 Å². The predicted molar refractivity (Wildman–Crippen MR) is 98.0 cm³/mol. The van der Waals surface area contributed by atoms with Gasteiger partial charge in [-0.2, -0.15) is 0 Å². The highest BCUT2D eigenvalue weighted by atomic mass is 79.9. The lowest BCUT2D eigenvalue weighted by molar-refractivity contribution is 0.0178. The monoisotopic (exact) mass is 393 g/mol. The molecule has 0 unspecified atom stereocenters. The number of ether oxygens (including phenoxy) is 1. The number of carbonyl (C=O) groups is 1. The second-order valence-electron chi connectivity index (χ2n) is 7.45. The number of halogens is 1. The van der Waals surface area contributed by atoms with Crippen molar-refractivity contribution >= 4 is 33.1 Å². The molecule has 0 aromatic carbocycles. The Morgan fingerprint density at radius 1 is 1.38 bits per heavy atom. The van der Waals surface area contributed by atoms with Gasteiger partial charge in [-0.1, -0.05) is 0 Å². The third-order valence-electron chi connectivity index (χ3n) is 4.29. The summed E-state index contributed by atoms with van der Waals surface area (Å²) in [5.41, 5.74) is 0.588. The molecule has 5 nitrogen and oxygen atoms in total. The van der Waals surface area contributed by atoms with Gasteiger partial charge in [0.15, 0.2) is 0 Å². The molecule has 0 spiro atoms. The van der Waals surface area contributed by atoms with Crippen molar-refractivity contribution in [3.05, 3.63) is 29.0 Å². The standard InChI is InChI=1S/C18H24BrN3O2/c1-18(2,3)24-17(23)21-7-4-13(5-8-21)12-22-9-6-14-10-15(19)11-20-16(14)22/h6,9-11,13H,4-5,7-8,12H2,1-3H3. The molecule has 0 radical (unpaired) electrons. The second kappa shape index (κ2) is 6.75. The fraction of sp³-hybridized carbons (Fsp3) is 0.556. The summed E-state index contributed by atoms with van der Waals surface area (Å²) in [5.74, 6) is 0.560. The molecule has 1 aliphatic rings. The molecule has 1 saturated heterocycles. The van der Waals surface area contributed by atoms with Gasteiger partial charge in [-0.3, -0.25) is 0 Å². The van der Waals surface area contributed by atoms with Crippen molar-refractivity contribution in [3.63, 3.8) is 0 Å². The van der Waals surface area contributed by atoms with Gasteiger partial charge in [-0.25, -0.2) is 9.78 Å². The van der Waals surface area contributed by atoms with E-state index in [1.807, 2.05) is 31.9 Å². The molecule has 0 atom stereocenters. The van der Waals surface area contributed by atoms with E-state index in [1.165, 1.54) is 0 Å². The van der Waals surface area contributed by atoms with Crippen LogP contribution in [-0.2, 0) is 11.3 Å². The SMILES string of the molecule is CC(C)(C)OC(=O)N1CCC(Cn2ccc3cc(Br)cnc32)CC1. The maximum absolute atomic E-state index is 12.1. The lowest BCUT2D eigenvalue weighted by Crippen LogP contribution is -2.42. The van der Waals surface area contributed by atoms with Crippen LogP contribution < -0.4 is 0 Å². The maximum atomic E-state index is 12.1. The molecule has 24 heavy (non-hydrogen) atoms. The topological polar surface area (TPSA) is 47.4 Å². The van der Waals surface area contributed by atoms with Crippen LogP contribution in [0.4, 0.5) is 4.79 Å². The Morgan fingerprint density at radius 2 is 2.08 bits per heavy atom. The Hall–Kier alpha value is -1.56. The molecule has 2 aromatic heterocycles. The molecule has 1 amide bonds. The summed E-state index contributed by atoms with van der Waals surface area (Å²) < 4.78 is 8.67. The van der Waals surface area contributed by atoms with Crippen LogP contribution in [0.1, 0.15) is 33.6 Å². The van der Waals surface area contributed by atoms with Gasteiger partial charge in [-0.15, -0.1) is 0 Å². The summed E-state index contributed by atoms with van der Waals surface area (Å²) in [4.78, 5) is 18.5. The van der Waals surface area contributed by atoms with Gasteiger partial charge in [0.1, 0.15) is 11.2 Å². The van der Waals surface area contributed by atoms with E-state index in [0.717, 1.165) is 48.0 Å². The van der Waals surface area contributed by atoms with E-state index in [2.05, 4.69) is 43.8 Å². The third kappa shape index (κ3) is 4.09. The van der Waals surface area contributed by atoms with Gasteiger partial charge < -0.3 is 14.2 Å². The average molecular weight is 394 g/mol. The molecule has 0 aliphatic carbocycles. The van der Waals surface area contributed by atoms with Crippen LogP contribution in [0.3, 0.4) is 0 Å². The van der Waals surface area contributed by atoms with Crippen molar-refractivity contribution in [2.24, 2.45) is 5.92 Å². The quantitative estimate of drug-likeness (QED) is 0.756. The van der Waals surface area contributed by atoms with E-state index in [9.17, 15) is 4.79 Å². The molecule has 3 rings (SSSR count). The van der Waals surface area contributed by atoms with Crippen LogP contribution >= 0.6 is 15.9 Å². The van der Waals surface area contributed by atoms with E-state index in [-0.39, 0.29) is 6.09 Å². The molecule has 2 aromatic rings. The molecule has 0 saturated carbocycles. The fourth-order valence-electron chi connectivity index (χ4n) is 3.10. The van der Waals surface area contributed by atoms with Crippen LogP contribution in [0.5, 0.6) is 0 Å². The van der Waals surface area contributed by atoms with Gasteiger partial charge in [-0.05, 0) is 67.6 Å². The van der Waals surface area contributed by atoms with Crippen molar-refractivity contribution in [3.8, 4) is 0 Å². The zero-order valence-corrected chi connectivity index (χ0v) is 16.0. The summed E-state index contributed by atoms with van der Waals surface area (Å²) in [6.07, 6.45) is 5.73. The highest BCUT2D eigenvalue weighted by molar-refractivity contribution is 9.10. The predicted octanol–water partition coefficient (Wildman–Crippen LogP) is 4.45. The van der Waals surface area contributed by atoms with Crippen molar-refractivity contribution in [1.82, 2.24) is 14.5 Å². The minimum Gasteiger partial charge on any atom is -0.444 e. The third-order valence-corrected chi connectivity index (χ3v) is 4.72. The van der Waals surface area contributed by atoms with E-state index in [4.69, 9.17) is 4.74 Å². The van der Waals surface area contributed by atoms with E-state index in [1.54, 1.807) is 0 Å². The van der Waals surface area contributed by atoms with E-state index >= 15 is 0 Å². The van der Waals surface area contributed by atoms with Crippen LogP contribution in [0, 0.1) is 5.92 Å². The minimum absolute atomic E-state index is 0.195. The molecule has 3 heterocycles. The van der Waals surface area contributed by atoms with Crippen molar-refractivity contribution < 1.29 is 9.53 Å². The van der Waals surface area contributed by atoms with Gasteiger partial charge in [0, 0.05) is 41.9 Å². The van der Waals surface area contributed by atoms with Gasteiger partial charge >= 0.3 is 6.09 Å². The Morgan fingerprint density at radius 3 is 2.75 bits per heavy atom. The second-order valence-corrected chi connectivity index (χ2v) is 8.36. The number of likely N-dealkylation sites (tertiary alicyclic amines) is 1. The zero-order chi connectivity index (χ0) is 17.3. The normalized spacial score (nSPS) is 16.6. The Bertz CT molecular complexity index is 727. The van der Waals surface area contributed by atoms with E-state index in [0.29, 0.717) is 5.92 Å². The number of fused-ring (bicyclic) bond motifs is 1. The first-order valence-corrected chi connectivity index (χ1v) is 9.19. The van der Waals surface area contributed by atoms with E-state index < -0.39 is 5.60 Å². The lowest BCUT2D eigenvalue weighted by atomic mass is 9.97. The number of rotatable bonds is 2. The Balaban J connectivity index is 1.58. The molecule has 130 valence electrons. The van der Waals surface area contributed by atoms with Crippen LogP contribution in [-0.4, -0.2) is 39.2 Å². The number of nitrogens with zero attached hydrogens (tertiary/aromatic N) is 3. The number of pyridine rings is 1. The highest BCUT2D eigenvalue weighted by Crippen LogP contribution is 2.24. The molecular weight excluding hydrogens is 370 g/mol. The molecule has 6 heteroatoms. The number of hydrogen-bond donors (Lipinski definition) is 0. The zero-order valence-electron chi connectivity index (χ0n) is 14.5. The number of aromatic nitrogens is 2. The van der Waals surface area contributed by atoms with Gasteiger partial charge in [0.25, 0.3) is 0 Å². The fourth-order valence-corrected chi connectivity index (χ4v) is 3.45. The van der Waals surface area contributed by atoms with Gasteiger partial charge in [0.05, 0.1) is 0 Å². The van der Waals surface area contributed by atoms with Crippen LogP contribution in [0.15, 0.2) is 29.0 Å². The number of hydrogen-bond acceptors (Lipinski definition) is 3. The average Bonchev–Trinajstić information content (AvgIpc) is 2.88. The smallest absolute Gasteiger partial charge is 0.410 e. The summed E-state index contributed by atoms with van der Waals surface area (Å²) in [5, 5.41) is 1.15. The van der Waals surface area contributed by atoms with Crippen molar-refractivity contribution in [1.29, 1.82) is 0 Å². The number of amides is 1. The lowest BCUT2D eigenvalue weighted by Gasteiger charge is -2.33. The molecular formula is C18H24BrN3O2. The van der Waals surface area contributed by atoms with Crippen LogP contribution in [0.2, 0.25) is 0 Å². The van der Waals surface area contributed by atoms with Crippen molar-refractivity contribution in [2.45, 2.75) is 45.8 Å². The molecule has 0 bridgehead atoms. The first-order chi connectivity index (χ1) is 11.3. The number of carbonyl (C=O) groups excluding carboxylic acids is 1. The molecule has 1 fully saturated rings. The maximum Gasteiger partial charge on any atom is 0.410 e. The Labute approximate surface area is 151 Å². The largest absolute Gasteiger partial charge is 0.444 e. The summed E-state index contributed by atoms with van der Waals surface area (Å²) in [6.45, 7) is 8.18. The van der Waals surface area contributed by atoms with Gasteiger partial charge in [0.2, 0.25) is 0 Å². The highest BCUT2D eigenvalue weighted by Gasteiger charge is 2.27. The Kier molecular flexibility index (Phi) is 4.85. The van der Waals surface area contributed by atoms with Crippen LogP contribution in [0.25, 0.3) is 11.0 Å². The first-order valence-electron chi connectivity index (χ1n) is 8.40. The summed E-state index contributed by atoms with van der Waals surface area (Å²) >= 11 is 3.46. The number of piperidine rings is 1. The molecule has 0 N–H and O–H groups in total. The summed E-state index contributed by atoms with van der Waals surface area (Å²) in [7, 11) is 0. The summed E-state index contributed by atoms with van der Waals surface area (Å²) in [6, 6.07) is 4.19. The first kappa shape index (κ1) is 17.3.